The molecule has 2 N–H and O–H groups in total. The summed E-state index contributed by atoms with van der Waals surface area (Å²) < 4.78 is 59.0. The minimum atomic E-state index is -4.08. The van der Waals surface area contributed by atoms with E-state index in [9.17, 15) is 22.4 Å². The number of amides is 1. The highest BCUT2D eigenvalue weighted by molar-refractivity contribution is 7.90. The predicted octanol–water partition coefficient (Wildman–Crippen LogP) is 2.16. The fraction of sp³-hybridized carbons (Fsp3) is 0.391. The highest BCUT2D eigenvalue weighted by atomic mass is 32.2. The van der Waals surface area contributed by atoms with Gasteiger partial charge in [0.15, 0.2) is 5.82 Å². The van der Waals surface area contributed by atoms with Crippen LogP contribution in [-0.4, -0.2) is 71.8 Å². The zero-order chi connectivity index (χ0) is 27.5. The molecule has 2 aromatic heterocycles. The third kappa shape index (κ3) is 6.02. The minimum absolute atomic E-state index is 0.0446. The van der Waals surface area contributed by atoms with Crippen LogP contribution in [0.5, 0.6) is 0 Å². The molecule has 0 aliphatic rings. The average Bonchev–Trinajstić information content (AvgIpc) is 2.85. The molecule has 1 amide bonds. The van der Waals surface area contributed by atoms with Crippen molar-refractivity contribution >= 4 is 38.8 Å². The number of nitrogens with zero attached hydrogens (tertiary/aromatic N) is 5. The quantitative estimate of drug-likeness (QED) is 0.379. The van der Waals surface area contributed by atoms with Crippen LogP contribution in [0, 0.1) is 11.6 Å². The van der Waals surface area contributed by atoms with E-state index in [1.807, 2.05) is 0 Å². The third-order valence-corrected chi connectivity index (χ3v) is 7.45. The van der Waals surface area contributed by atoms with Crippen molar-refractivity contribution in [3.63, 3.8) is 0 Å². The Morgan fingerprint density at radius 2 is 1.92 bits per heavy atom. The first-order valence-corrected chi connectivity index (χ1v) is 12.9. The molecule has 3 aromatic rings. The van der Waals surface area contributed by atoms with Crippen molar-refractivity contribution in [2.24, 2.45) is 7.05 Å². The van der Waals surface area contributed by atoms with Crippen LogP contribution in [0.2, 0.25) is 0 Å². The summed E-state index contributed by atoms with van der Waals surface area (Å²) in [7, 11) is 0.325. The van der Waals surface area contributed by atoms with E-state index < -0.39 is 38.7 Å². The number of fused-ring (bicyclic) bond motifs is 1. The van der Waals surface area contributed by atoms with Crippen LogP contribution in [0.15, 0.2) is 29.2 Å². The van der Waals surface area contributed by atoms with Crippen molar-refractivity contribution < 1.29 is 22.0 Å². The van der Waals surface area contributed by atoms with Crippen LogP contribution >= 0.6 is 0 Å². The number of hydrogen-bond donors (Lipinski definition) is 2. The van der Waals surface area contributed by atoms with Gasteiger partial charge in [0.1, 0.15) is 11.5 Å². The molecule has 0 saturated carbocycles. The Morgan fingerprint density at radius 1 is 1.22 bits per heavy atom. The SMILES string of the molecule is CCN(C)S(=O)(=O)Nc1ccc(F)c(-c2cc3cnc(NCCCN(C)C(C)=O)nc3n(C)c2=O)c1F. The van der Waals surface area contributed by atoms with Crippen molar-refractivity contribution in [1.29, 1.82) is 0 Å². The monoisotopic (exact) mass is 537 g/mol. The normalized spacial score (nSPS) is 11.7. The van der Waals surface area contributed by atoms with Gasteiger partial charge in [-0.3, -0.25) is 18.9 Å². The molecule has 1 aromatic carbocycles. The minimum Gasteiger partial charge on any atom is -0.354 e. The second kappa shape index (κ2) is 11.2. The number of hydrogen-bond acceptors (Lipinski definition) is 7. The maximum atomic E-state index is 15.4. The highest BCUT2D eigenvalue weighted by Gasteiger charge is 2.24. The van der Waals surface area contributed by atoms with Gasteiger partial charge in [0.25, 0.3) is 5.56 Å². The molecule has 14 heteroatoms. The number of aromatic nitrogens is 3. The van der Waals surface area contributed by atoms with Crippen LogP contribution in [0.4, 0.5) is 20.4 Å². The summed E-state index contributed by atoms with van der Waals surface area (Å²) in [5.74, 6) is -2.05. The van der Waals surface area contributed by atoms with Gasteiger partial charge in [-0.25, -0.2) is 13.8 Å². The Labute approximate surface area is 213 Å². The molecule has 0 aliphatic heterocycles. The van der Waals surface area contributed by atoms with Crippen molar-refractivity contribution in [2.45, 2.75) is 20.3 Å². The lowest BCUT2D eigenvalue weighted by Crippen LogP contribution is -2.32. The van der Waals surface area contributed by atoms with Gasteiger partial charge in [0, 0.05) is 59.3 Å². The van der Waals surface area contributed by atoms with Crippen molar-refractivity contribution in [1.82, 2.24) is 23.7 Å². The Morgan fingerprint density at radius 3 is 2.57 bits per heavy atom. The van der Waals surface area contributed by atoms with Gasteiger partial charge in [-0.15, -0.1) is 0 Å². The fourth-order valence-electron chi connectivity index (χ4n) is 3.45. The number of anilines is 2. The zero-order valence-corrected chi connectivity index (χ0v) is 22.0. The van der Waals surface area contributed by atoms with Crippen LogP contribution in [0.25, 0.3) is 22.2 Å². The van der Waals surface area contributed by atoms with E-state index in [4.69, 9.17) is 0 Å². The molecule has 2 heterocycles. The Balaban J connectivity index is 1.96. The van der Waals surface area contributed by atoms with Gasteiger partial charge in [-0.05, 0) is 24.6 Å². The second-order valence-electron chi connectivity index (χ2n) is 8.42. The number of carbonyl (C=O) groups is 1. The first-order chi connectivity index (χ1) is 17.4. The molecule has 0 aliphatic carbocycles. The largest absolute Gasteiger partial charge is 0.354 e. The molecule has 0 spiro atoms. The van der Waals surface area contributed by atoms with Gasteiger partial charge in [-0.1, -0.05) is 6.92 Å². The van der Waals surface area contributed by atoms with Gasteiger partial charge >= 0.3 is 10.2 Å². The summed E-state index contributed by atoms with van der Waals surface area (Å²) in [6.45, 7) is 4.22. The van der Waals surface area contributed by atoms with Crippen LogP contribution < -0.4 is 15.6 Å². The Bertz CT molecular complexity index is 1490. The molecule has 37 heavy (non-hydrogen) atoms. The lowest BCUT2D eigenvalue weighted by molar-refractivity contribution is -0.127. The first-order valence-electron chi connectivity index (χ1n) is 11.4. The molecule has 200 valence electrons. The van der Waals surface area contributed by atoms with Crippen molar-refractivity contribution in [2.75, 3.05) is 43.8 Å². The maximum Gasteiger partial charge on any atom is 0.301 e. The predicted molar refractivity (Wildman–Crippen MR) is 137 cm³/mol. The second-order valence-corrected chi connectivity index (χ2v) is 10.2. The molecular weight excluding hydrogens is 508 g/mol. The van der Waals surface area contributed by atoms with E-state index in [-0.39, 0.29) is 29.6 Å². The molecule has 11 nitrogen and oxygen atoms in total. The number of carbonyl (C=O) groups excluding carboxylic acids is 1. The Kier molecular flexibility index (Phi) is 8.43. The van der Waals surface area contributed by atoms with Crippen molar-refractivity contribution in [3.8, 4) is 11.1 Å². The van der Waals surface area contributed by atoms with E-state index in [0.717, 1.165) is 21.0 Å². The van der Waals surface area contributed by atoms with Gasteiger partial charge in [0.05, 0.1) is 16.8 Å². The zero-order valence-electron chi connectivity index (χ0n) is 21.2. The summed E-state index contributed by atoms with van der Waals surface area (Å²) in [5.41, 5.74) is -1.98. The summed E-state index contributed by atoms with van der Waals surface area (Å²) >= 11 is 0. The average molecular weight is 538 g/mol. The third-order valence-electron chi connectivity index (χ3n) is 5.89. The van der Waals surface area contributed by atoms with E-state index in [0.29, 0.717) is 24.9 Å². The van der Waals surface area contributed by atoms with E-state index >= 15 is 4.39 Å². The fourth-order valence-corrected chi connectivity index (χ4v) is 4.38. The number of benzene rings is 1. The maximum absolute atomic E-state index is 15.4. The number of pyridine rings is 1. The molecule has 0 radical (unpaired) electrons. The lowest BCUT2D eigenvalue weighted by Gasteiger charge is -2.18. The van der Waals surface area contributed by atoms with Gasteiger partial charge in [-0.2, -0.15) is 17.7 Å². The van der Waals surface area contributed by atoms with E-state index in [2.05, 4.69) is 20.0 Å². The number of aryl methyl sites for hydroxylation is 1. The molecule has 0 atom stereocenters. The number of nitrogens with one attached hydrogen (secondary N) is 2. The Hall–Kier alpha value is -3.65. The standard InChI is InChI=1S/C23H29F2N7O4S/c1-6-31(4)37(35,36)29-18-9-8-17(24)19(20(18)25)16-12-15-13-27-23(28-21(15)32(5)22(16)34)26-10-7-11-30(3)14(2)33/h8-9,12-13,29H,6-7,10-11H2,1-5H3,(H,26,27,28). The molecule has 0 unspecified atom stereocenters. The summed E-state index contributed by atoms with van der Waals surface area (Å²) in [5, 5.41) is 3.36. The lowest BCUT2D eigenvalue weighted by atomic mass is 10.0. The summed E-state index contributed by atoms with van der Waals surface area (Å²) in [6, 6.07) is 3.11. The van der Waals surface area contributed by atoms with Crippen LogP contribution in [0.1, 0.15) is 20.3 Å². The smallest absolute Gasteiger partial charge is 0.301 e. The molecule has 0 bridgehead atoms. The molecular formula is C23H29F2N7O4S. The van der Waals surface area contributed by atoms with Crippen LogP contribution in [0.3, 0.4) is 0 Å². The van der Waals surface area contributed by atoms with Crippen LogP contribution in [-0.2, 0) is 22.1 Å². The van der Waals surface area contributed by atoms with E-state index in [1.54, 1.807) is 18.9 Å². The summed E-state index contributed by atoms with van der Waals surface area (Å²) in [6.07, 6.45) is 2.05. The molecule has 0 saturated heterocycles. The van der Waals surface area contributed by atoms with Crippen molar-refractivity contribution in [3.05, 3.63) is 46.4 Å². The van der Waals surface area contributed by atoms with E-state index in [1.165, 1.54) is 33.3 Å². The topological polar surface area (TPSA) is 130 Å². The van der Waals surface area contributed by atoms with Gasteiger partial charge < -0.3 is 10.2 Å². The highest BCUT2D eigenvalue weighted by Crippen LogP contribution is 2.31. The number of halogens is 2. The molecule has 0 fully saturated rings. The first kappa shape index (κ1) is 27.9. The summed E-state index contributed by atoms with van der Waals surface area (Å²) in [4.78, 5) is 34.5. The number of rotatable bonds is 10. The molecule has 3 rings (SSSR count). The van der Waals surface area contributed by atoms with Gasteiger partial charge in [0.2, 0.25) is 11.9 Å².